The number of benzene rings is 1. The first kappa shape index (κ1) is 16.0. The number of hydrogen-bond acceptors (Lipinski definition) is 2. The zero-order valence-corrected chi connectivity index (χ0v) is 13.2. The van der Waals surface area contributed by atoms with Crippen LogP contribution in [0.1, 0.15) is 16.8 Å². The second-order valence-electron chi connectivity index (χ2n) is 5.28. The first-order valence-corrected chi connectivity index (χ1v) is 6.81. The fraction of sp³-hybridized carbons (Fsp3) is 0.176. The van der Waals surface area contributed by atoms with E-state index in [-0.39, 0.29) is 18.8 Å². The first-order valence-electron chi connectivity index (χ1n) is 6.81. The van der Waals surface area contributed by atoms with Gasteiger partial charge in [0.2, 0.25) is 0 Å². The fourth-order valence-corrected chi connectivity index (χ4v) is 2.45. The lowest BCUT2D eigenvalue weighted by Gasteiger charge is -2.04. The molecule has 3 rings (SSSR count). The quantitative estimate of drug-likeness (QED) is 0.802. The van der Waals surface area contributed by atoms with E-state index in [1.807, 2.05) is 60.8 Å². The smallest absolute Gasteiger partial charge is 0.309 e. The normalized spacial score (nSPS) is 10.5. The summed E-state index contributed by atoms with van der Waals surface area (Å²) in [5.74, 6) is -0.855. The molecule has 2 heterocycles. The molecule has 3 aromatic rings. The second kappa shape index (κ2) is 6.20. The van der Waals surface area contributed by atoms with Crippen LogP contribution >= 0.6 is 12.4 Å². The number of aliphatic carboxylic acids is 1. The molecule has 0 atom stereocenters. The van der Waals surface area contributed by atoms with E-state index in [2.05, 4.69) is 4.98 Å². The first-order chi connectivity index (χ1) is 10.0. The van der Waals surface area contributed by atoms with Crippen LogP contribution in [-0.2, 0) is 11.2 Å². The Balaban J connectivity index is 0.00000176. The zero-order chi connectivity index (χ0) is 15.0. The Bertz CT molecular complexity index is 823. The van der Waals surface area contributed by atoms with Gasteiger partial charge in [-0.05, 0) is 25.5 Å². The topological polar surface area (TPSA) is 54.6 Å². The van der Waals surface area contributed by atoms with Crippen molar-refractivity contribution < 1.29 is 9.90 Å². The predicted octanol–water partition coefficient (Wildman–Crippen LogP) is 3.67. The molecule has 1 aromatic carbocycles. The van der Waals surface area contributed by atoms with Gasteiger partial charge < -0.3 is 9.51 Å². The van der Waals surface area contributed by atoms with E-state index >= 15 is 0 Å². The maximum Gasteiger partial charge on any atom is 0.309 e. The van der Waals surface area contributed by atoms with Gasteiger partial charge in [0.1, 0.15) is 5.65 Å². The molecule has 0 aliphatic carbocycles. The summed E-state index contributed by atoms with van der Waals surface area (Å²) >= 11 is 0. The number of carbonyl (C=O) groups is 1. The molecule has 114 valence electrons. The fourth-order valence-electron chi connectivity index (χ4n) is 2.45. The van der Waals surface area contributed by atoms with E-state index in [0.29, 0.717) is 5.69 Å². The molecule has 0 spiro atoms. The Kier molecular flexibility index (Phi) is 4.52. The van der Waals surface area contributed by atoms with Crippen LogP contribution < -0.4 is 0 Å². The highest BCUT2D eigenvalue weighted by atomic mass is 35.5. The van der Waals surface area contributed by atoms with Crippen LogP contribution in [0.15, 0.2) is 42.6 Å². The predicted molar refractivity (Wildman–Crippen MR) is 88.7 cm³/mol. The van der Waals surface area contributed by atoms with Crippen molar-refractivity contribution in [2.45, 2.75) is 20.3 Å². The van der Waals surface area contributed by atoms with Crippen molar-refractivity contribution in [2.24, 2.45) is 0 Å². The van der Waals surface area contributed by atoms with Crippen molar-refractivity contribution in [1.82, 2.24) is 9.38 Å². The molecule has 4 nitrogen and oxygen atoms in total. The summed E-state index contributed by atoms with van der Waals surface area (Å²) in [4.78, 5) is 15.8. The number of nitrogens with zero attached hydrogens (tertiary/aromatic N) is 2. The number of halogens is 1. The van der Waals surface area contributed by atoms with Gasteiger partial charge in [-0.2, -0.15) is 0 Å². The van der Waals surface area contributed by atoms with Crippen molar-refractivity contribution in [2.75, 3.05) is 0 Å². The summed E-state index contributed by atoms with van der Waals surface area (Å²) in [6.45, 7) is 4.00. The van der Waals surface area contributed by atoms with Crippen LogP contribution in [-0.4, -0.2) is 20.5 Å². The highest BCUT2D eigenvalue weighted by Gasteiger charge is 2.16. The van der Waals surface area contributed by atoms with Crippen molar-refractivity contribution in [3.8, 4) is 11.3 Å². The van der Waals surface area contributed by atoms with Crippen LogP contribution in [0.4, 0.5) is 0 Å². The van der Waals surface area contributed by atoms with Crippen LogP contribution in [0, 0.1) is 13.8 Å². The number of hydrogen-bond donors (Lipinski definition) is 1. The highest BCUT2D eigenvalue weighted by Crippen LogP contribution is 2.25. The van der Waals surface area contributed by atoms with Gasteiger partial charge in [0.15, 0.2) is 0 Å². The summed E-state index contributed by atoms with van der Waals surface area (Å²) in [5, 5.41) is 9.19. The van der Waals surface area contributed by atoms with Gasteiger partial charge in [-0.15, -0.1) is 12.4 Å². The van der Waals surface area contributed by atoms with Crippen molar-refractivity contribution in [3.05, 3.63) is 59.4 Å². The largest absolute Gasteiger partial charge is 0.481 e. The van der Waals surface area contributed by atoms with Crippen molar-refractivity contribution >= 4 is 24.0 Å². The van der Waals surface area contributed by atoms with Gasteiger partial charge in [0, 0.05) is 11.8 Å². The number of rotatable bonds is 3. The molecule has 0 saturated heterocycles. The molecule has 1 N–H and O–H groups in total. The molecule has 22 heavy (non-hydrogen) atoms. The van der Waals surface area contributed by atoms with E-state index in [1.54, 1.807) is 0 Å². The average molecular weight is 317 g/mol. The lowest BCUT2D eigenvalue weighted by Crippen LogP contribution is -2.05. The van der Waals surface area contributed by atoms with Crippen molar-refractivity contribution in [3.63, 3.8) is 0 Å². The highest BCUT2D eigenvalue weighted by molar-refractivity contribution is 5.85. The van der Waals surface area contributed by atoms with E-state index in [9.17, 15) is 9.90 Å². The molecule has 5 heteroatoms. The Labute approximate surface area is 134 Å². The zero-order valence-electron chi connectivity index (χ0n) is 12.4. The molecule has 0 amide bonds. The number of imidazole rings is 1. The van der Waals surface area contributed by atoms with Crippen LogP contribution in [0.2, 0.25) is 0 Å². The molecule has 0 aliphatic heterocycles. The van der Waals surface area contributed by atoms with Crippen LogP contribution in [0.3, 0.4) is 0 Å². The van der Waals surface area contributed by atoms with Crippen LogP contribution in [0.5, 0.6) is 0 Å². The lowest BCUT2D eigenvalue weighted by molar-refractivity contribution is -0.136. The molecule has 0 bridgehead atoms. The summed E-state index contributed by atoms with van der Waals surface area (Å²) in [6.07, 6.45) is 1.88. The molecule has 2 aromatic heterocycles. The number of carboxylic acids is 1. The van der Waals surface area contributed by atoms with E-state index < -0.39 is 5.97 Å². The van der Waals surface area contributed by atoms with Gasteiger partial charge in [-0.3, -0.25) is 4.79 Å². The van der Waals surface area contributed by atoms with E-state index in [0.717, 1.165) is 28.0 Å². The lowest BCUT2D eigenvalue weighted by atomic mass is 10.1. The number of fused-ring (bicyclic) bond motifs is 1. The Hall–Kier alpha value is -2.33. The minimum absolute atomic E-state index is 0. The minimum Gasteiger partial charge on any atom is -0.481 e. The number of pyridine rings is 1. The maximum atomic E-state index is 11.2. The summed E-state index contributed by atoms with van der Waals surface area (Å²) in [7, 11) is 0. The summed E-state index contributed by atoms with van der Waals surface area (Å²) in [6, 6.07) is 11.9. The van der Waals surface area contributed by atoms with Gasteiger partial charge in [0.05, 0.1) is 17.8 Å². The standard InChI is InChI=1S/C17H16N2O2.ClH/c1-11-3-6-13(7-4-11)17-14(9-16(20)21)19-10-12(2)5-8-15(19)18-17;/h3-8,10H,9H2,1-2H3,(H,20,21);1H. The Morgan fingerprint density at radius 2 is 1.73 bits per heavy atom. The van der Waals surface area contributed by atoms with E-state index in [4.69, 9.17) is 0 Å². The SMILES string of the molecule is Cc1ccc(-c2nc3ccc(C)cn3c2CC(=O)O)cc1.Cl. The molecule has 0 saturated carbocycles. The van der Waals surface area contributed by atoms with Gasteiger partial charge in [0.25, 0.3) is 0 Å². The van der Waals surface area contributed by atoms with Gasteiger partial charge in [-0.1, -0.05) is 35.9 Å². The van der Waals surface area contributed by atoms with E-state index in [1.165, 1.54) is 0 Å². The molecular weight excluding hydrogens is 300 g/mol. The Morgan fingerprint density at radius 1 is 1.09 bits per heavy atom. The van der Waals surface area contributed by atoms with Gasteiger partial charge in [-0.25, -0.2) is 4.98 Å². The minimum atomic E-state index is -0.855. The molecular formula is C17H17ClN2O2. The molecule has 0 aliphatic rings. The maximum absolute atomic E-state index is 11.2. The molecule has 0 fully saturated rings. The van der Waals surface area contributed by atoms with Crippen molar-refractivity contribution in [1.29, 1.82) is 0 Å². The molecule has 0 radical (unpaired) electrons. The third-order valence-corrected chi connectivity index (χ3v) is 3.51. The number of aromatic nitrogens is 2. The number of carboxylic acid groups (broad SMARTS) is 1. The monoisotopic (exact) mass is 316 g/mol. The average Bonchev–Trinajstić information content (AvgIpc) is 2.77. The van der Waals surface area contributed by atoms with Crippen LogP contribution in [0.25, 0.3) is 16.9 Å². The number of aryl methyl sites for hydroxylation is 2. The summed E-state index contributed by atoms with van der Waals surface area (Å²) < 4.78 is 1.87. The third kappa shape index (κ3) is 2.97. The van der Waals surface area contributed by atoms with Gasteiger partial charge >= 0.3 is 5.97 Å². The Morgan fingerprint density at radius 3 is 2.36 bits per heavy atom. The molecule has 0 unspecified atom stereocenters. The third-order valence-electron chi connectivity index (χ3n) is 3.51. The second-order valence-corrected chi connectivity index (χ2v) is 5.28. The summed E-state index contributed by atoms with van der Waals surface area (Å²) in [5.41, 5.74) is 5.40.